The van der Waals surface area contributed by atoms with Crippen LogP contribution in [0.1, 0.15) is 115 Å². The minimum Gasteiger partial charge on any atom is -0.481 e. The fraction of sp³-hybridized carbons (Fsp3) is 0.826. The van der Waals surface area contributed by atoms with Crippen molar-refractivity contribution < 1.29 is 9.90 Å². The Kier molecular flexibility index (Phi) is 14.8. The van der Waals surface area contributed by atoms with Crippen molar-refractivity contribution in [1.82, 2.24) is 9.55 Å². The Morgan fingerprint density at radius 3 is 1.56 bits per heavy atom. The Balaban J connectivity index is 1.70. The summed E-state index contributed by atoms with van der Waals surface area (Å²) in [5.74, 6) is 0.559. The second kappa shape index (κ2) is 16.8. The van der Waals surface area contributed by atoms with E-state index in [0.29, 0.717) is 6.42 Å². The van der Waals surface area contributed by atoms with E-state index in [9.17, 15) is 4.79 Å². The van der Waals surface area contributed by atoms with Crippen molar-refractivity contribution in [2.45, 2.75) is 116 Å². The number of carbonyl (C=O) groups is 1. The van der Waals surface area contributed by atoms with E-state index in [4.69, 9.17) is 5.11 Å². The molecule has 27 heavy (non-hydrogen) atoms. The smallest absolute Gasteiger partial charge is 0.303 e. The molecule has 156 valence electrons. The molecular formula is C23H42N2O2. The molecule has 4 heteroatoms. The first-order valence-corrected chi connectivity index (χ1v) is 11.4. The number of carboxylic acid groups (broad SMARTS) is 1. The van der Waals surface area contributed by atoms with E-state index in [-0.39, 0.29) is 0 Å². The van der Waals surface area contributed by atoms with E-state index in [0.717, 1.165) is 19.3 Å². The molecule has 0 spiro atoms. The first-order valence-electron chi connectivity index (χ1n) is 11.4. The van der Waals surface area contributed by atoms with Crippen LogP contribution in [0.15, 0.2) is 12.4 Å². The molecule has 0 saturated heterocycles. The monoisotopic (exact) mass is 378 g/mol. The summed E-state index contributed by atoms with van der Waals surface area (Å²) in [4.78, 5) is 14.8. The molecule has 4 nitrogen and oxygen atoms in total. The molecule has 0 aliphatic rings. The molecule has 0 atom stereocenters. The second-order valence-corrected chi connectivity index (χ2v) is 8.00. The third kappa shape index (κ3) is 14.4. The van der Waals surface area contributed by atoms with Crippen LogP contribution >= 0.6 is 0 Å². The highest BCUT2D eigenvalue weighted by Crippen LogP contribution is 2.14. The molecule has 0 bridgehead atoms. The van der Waals surface area contributed by atoms with E-state index >= 15 is 0 Å². The maximum atomic E-state index is 10.4. The lowest BCUT2D eigenvalue weighted by molar-refractivity contribution is -0.137. The Labute approximate surface area is 166 Å². The maximum Gasteiger partial charge on any atom is 0.303 e. The van der Waals surface area contributed by atoms with Gasteiger partial charge in [0.2, 0.25) is 0 Å². The Morgan fingerprint density at radius 1 is 0.778 bits per heavy atom. The van der Waals surface area contributed by atoms with Gasteiger partial charge in [-0.05, 0) is 12.8 Å². The quantitative estimate of drug-likeness (QED) is 0.273. The maximum absolute atomic E-state index is 10.4. The first kappa shape index (κ1) is 23.7. The number of carboxylic acids is 1. The van der Waals surface area contributed by atoms with Gasteiger partial charge in [-0.25, -0.2) is 4.98 Å². The first-order chi connectivity index (χ1) is 13.2. The number of hydrogen-bond donors (Lipinski definition) is 1. The number of nitrogens with zero attached hydrogens (tertiary/aromatic N) is 2. The molecule has 0 unspecified atom stereocenters. The van der Waals surface area contributed by atoms with Crippen LogP contribution in [0.4, 0.5) is 0 Å². The molecule has 0 aliphatic carbocycles. The van der Waals surface area contributed by atoms with Gasteiger partial charge in [0, 0.05) is 32.3 Å². The standard InChI is InChI=1S/C23H42N2O2/c1-25-21-20-24-22(25)18-16-14-12-10-8-6-4-2-3-5-7-9-11-13-15-17-19-23(26)27/h20-21H,2-19H2,1H3,(H,26,27). The molecular weight excluding hydrogens is 336 g/mol. The van der Waals surface area contributed by atoms with Gasteiger partial charge in [-0.1, -0.05) is 89.9 Å². The summed E-state index contributed by atoms with van der Waals surface area (Å²) in [6, 6.07) is 0. The van der Waals surface area contributed by atoms with Crippen LogP contribution in [0, 0.1) is 0 Å². The molecule has 0 amide bonds. The molecule has 1 N–H and O–H groups in total. The highest BCUT2D eigenvalue weighted by Gasteiger charge is 1.99. The summed E-state index contributed by atoms with van der Waals surface area (Å²) < 4.78 is 2.13. The van der Waals surface area contributed by atoms with Crippen LogP contribution in [0.5, 0.6) is 0 Å². The molecule has 0 saturated carbocycles. The van der Waals surface area contributed by atoms with Crippen LogP contribution in [0.2, 0.25) is 0 Å². The van der Waals surface area contributed by atoms with Gasteiger partial charge in [-0.2, -0.15) is 0 Å². The highest BCUT2D eigenvalue weighted by molar-refractivity contribution is 5.66. The van der Waals surface area contributed by atoms with E-state index in [1.54, 1.807) is 0 Å². The van der Waals surface area contributed by atoms with E-state index in [1.165, 1.54) is 95.7 Å². The van der Waals surface area contributed by atoms with Crippen molar-refractivity contribution in [1.29, 1.82) is 0 Å². The molecule has 1 aromatic heterocycles. The molecule has 0 radical (unpaired) electrons. The fourth-order valence-corrected chi connectivity index (χ4v) is 3.67. The summed E-state index contributed by atoms with van der Waals surface area (Å²) in [5, 5.41) is 8.58. The van der Waals surface area contributed by atoms with Crippen LogP contribution < -0.4 is 0 Å². The number of imidazole rings is 1. The number of aliphatic carboxylic acids is 1. The highest BCUT2D eigenvalue weighted by atomic mass is 16.4. The van der Waals surface area contributed by atoms with E-state index < -0.39 is 5.97 Å². The summed E-state index contributed by atoms with van der Waals surface area (Å²) in [6.45, 7) is 0. The zero-order chi connectivity index (χ0) is 19.6. The zero-order valence-corrected chi connectivity index (χ0v) is 17.6. The third-order valence-electron chi connectivity index (χ3n) is 5.46. The molecule has 0 aromatic carbocycles. The van der Waals surface area contributed by atoms with E-state index in [2.05, 4.69) is 16.6 Å². The molecule has 0 fully saturated rings. The van der Waals surface area contributed by atoms with Gasteiger partial charge in [0.05, 0.1) is 0 Å². The van der Waals surface area contributed by atoms with Crippen molar-refractivity contribution in [3.05, 3.63) is 18.2 Å². The van der Waals surface area contributed by atoms with Crippen molar-refractivity contribution in [3.8, 4) is 0 Å². The van der Waals surface area contributed by atoms with Gasteiger partial charge in [-0.15, -0.1) is 0 Å². The number of aromatic nitrogens is 2. The predicted molar refractivity (Wildman–Crippen MR) is 113 cm³/mol. The van der Waals surface area contributed by atoms with Gasteiger partial charge >= 0.3 is 5.97 Å². The minimum absolute atomic E-state index is 0.338. The molecule has 0 aliphatic heterocycles. The largest absolute Gasteiger partial charge is 0.481 e. The predicted octanol–water partition coefficient (Wildman–Crippen LogP) is 6.68. The fourth-order valence-electron chi connectivity index (χ4n) is 3.67. The minimum atomic E-state index is -0.657. The van der Waals surface area contributed by atoms with Gasteiger partial charge in [0.15, 0.2) is 0 Å². The van der Waals surface area contributed by atoms with Crippen molar-refractivity contribution in [2.24, 2.45) is 7.05 Å². The SMILES string of the molecule is Cn1ccnc1CCCCCCCCCCCCCCCCCCC(=O)O. The average Bonchev–Trinajstić information content (AvgIpc) is 3.05. The number of unbranched alkanes of at least 4 members (excludes halogenated alkanes) is 15. The third-order valence-corrected chi connectivity index (χ3v) is 5.46. The van der Waals surface area contributed by atoms with Crippen LogP contribution in [-0.2, 0) is 18.3 Å². The van der Waals surface area contributed by atoms with Crippen molar-refractivity contribution >= 4 is 5.97 Å². The van der Waals surface area contributed by atoms with Crippen LogP contribution in [0.25, 0.3) is 0 Å². The Bertz CT molecular complexity index is 471. The Morgan fingerprint density at radius 2 is 1.19 bits per heavy atom. The van der Waals surface area contributed by atoms with Crippen LogP contribution in [-0.4, -0.2) is 20.6 Å². The molecule has 1 rings (SSSR count). The summed E-state index contributed by atoms with van der Waals surface area (Å²) in [5.41, 5.74) is 0. The van der Waals surface area contributed by atoms with Crippen molar-refractivity contribution in [2.75, 3.05) is 0 Å². The van der Waals surface area contributed by atoms with Gasteiger partial charge in [0.25, 0.3) is 0 Å². The summed E-state index contributed by atoms with van der Waals surface area (Å²) >= 11 is 0. The zero-order valence-electron chi connectivity index (χ0n) is 17.6. The lowest BCUT2D eigenvalue weighted by Gasteiger charge is -2.04. The van der Waals surface area contributed by atoms with Gasteiger partial charge in [0.1, 0.15) is 5.82 Å². The van der Waals surface area contributed by atoms with Crippen molar-refractivity contribution in [3.63, 3.8) is 0 Å². The number of hydrogen-bond acceptors (Lipinski definition) is 2. The summed E-state index contributed by atoms with van der Waals surface area (Å²) in [6.07, 6.45) is 26.2. The van der Waals surface area contributed by atoms with E-state index in [1.807, 2.05) is 12.4 Å². The normalized spacial score (nSPS) is 11.1. The second-order valence-electron chi connectivity index (χ2n) is 8.00. The summed E-state index contributed by atoms with van der Waals surface area (Å²) in [7, 11) is 2.08. The Hall–Kier alpha value is -1.32. The number of aryl methyl sites for hydroxylation is 2. The lowest BCUT2D eigenvalue weighted by Crippen LogP contribution is -1.97. The van der Waals surface area contributed by atoms with Gasteiger partial charge < -0.3 is 9.67 Å². The topological polar surface area (TPSA) is 55.1 Å². The average molecular weight is 379 g/mol. The molecule has 1 aromatic rings. The van der Waals surface area contributed by atoms with Gasteiger partial charge in [-0.3, -0.25) is 4.79 Å². The lowest BCUT2D eigenvalue weighted by atomic mass is 10.0. The van der Waals surface area contributed by atoms with Crippen LogP contribution in [0.3, 0.4) is 0 Å². The molecule has 1 heterocycles. The number of rotatable bonds is 19.